The van der Waals surface area contributed by atoms with Gasteiger partial charge in [0.1, 0.15) is 0 Å². The monoisotopic (exact) mass is 346 g/mol. The third-order valence-electron chi connectivity index (χ3n) is 4.03. The van der Waals surface area contributed by atoms with E-state index in [0.717, 1.165) is 10.6 Å². The minimum absolute atomic E-state index is 0.765. The maximum atomic E-state index is 6.22. The third kappa shape index (κ3) is 2.89. The van der Waals surface area contributed by atoms with Gasteiger partial charge >= 0.3 is 0 Å². The van der Waals surface area contributed by atoms with E-state index in [9.17, 15) is 0 Å². The Labute approximate surface area is 151 Å². The molecule has 0 spiro atoms. The predicted octanol–water partition coefficient (Wildman–Crippen LogP) is 7.40. The van der Waals surface area contributed by atoms with Crippen molar-refractivity contribution in [3.63, 3.8) is 0 Å². The molecule has 0 aliphatic rings. The topological polar surface area (TPSA) is 0 Å². The van der Waals surface area contributed by atoms with Crippen molar-refractivity contribution >= 4 is 22.9 Å². The third-order valence-corrected chi connectivity index (χ3v) is 5.29. The molecule has 3 aromatic carbocycles. The zero-order valence-corrected chi connectivity index (χ0v) is 14.5. The van der Waals surface area contributed by atoms with Crippen LogP contribution in [0.25, 0.3) is 32.7 Å². The van der Waals surface area contributed by atoms with E-state index in [1.54, 1.807) is 11.3 Å². The number of benzene rings is 3. The predicted molar refractivity (Wildman–Crippen MR) is 106 cm³/mol. The molecular weight excluding hydrogens is 332 g/mol. The minimum atomic E-state index is 0.765. The fourth-order valence-electron chi connectivity index (χ4n) is 2.92. The van der Waals surface area contributed by atoms with E-state index in [4.69, 9.17) is 11.6 Å². The maximum absolute atomic E-state index is 6.22. The van der Waals surface area contributed by atoms with Crippen LogP contribution in [0, 0.1) is 0 Å². The molecule has 0 saturated heterocycles. The summed E-state index contributed by atoms with van der Waals surface area (Å²) in [7, 11) is 0. The molecule has 0 nitrogen and oxygen atoms in total. The van der Waals surface area contributed by atoms with E-state index >= 15 is 0 Å². The van der Waals surface area contributed by atoms with E-state index in [1.165, 1.54) is 27.1 Å². The summed E-state index contributed by atoms with van der Waals surface area (Å²) in [4.78, 5) is 1.25. The fraction of sp³-hybridized carbons (Fsp3) is 0. The lowest BCUT2D eigenvalue weighted by atomic mass is 9.95. The summed E-state index contributed by atoms with van der Waals surface area (Å²) >= 11 is 7.99. The quantitative estimate of drug-likeness (QED) is 0.362. The summed E-state index contributed by atoms with van der Waals surface area (Å²) in [5, 5.41) is 3.01. The highest BCUT2D eigenvalue weighted by atomic mass is 35.5. The van der Waals surface area contributed by atoms with Gasteiger partial charge in [-0.05, 0) is 34.2 Å². The molecule has 0 unspecified atom stereocenters. The molecule has 24 heavy (non-hydrogen) atoms. The Morgan fingerprint density at radius 2 is 1.25 bits per heavy atom. The average molecular weight is 347 g/mol. The van der Waals surface area contributed by atoms with Crippen LogP contribution in [0.5, 0.6) is 0 Å². The molecule has 0 N–H and O–H groups in total. The van der Waals surface area contributed by atoms with Gasteiger partial charge in [0.05, 0.1) is 0 Å². The molecule has 0 atom stereocenters. The number of hydrogen-bond acceptors (Lipinski definition) is 1. The smallest absolute Gasteiger partial charge is 0.0428 e. The zero-order chi connectivity index (χ0) is 16.4. The van der Waals surface area contributed by atoms with Gasteiger partial charge in [0.15, 0.2) is 0 Å². The van der Waals surface area contributed by atoms with Crippen LogP contribution in [0.15, 0.2) is 90.3 Å². The number of halogens is 1. The van der Waals surface area contributed by atoms with Crippen LogP contribution in [0.2, 0.25) is 5.02 Å². The summed E-state index contributed by atoms with van der Waals surface area (Å²) in [6, 6.07) is 29.2. The number of thiophene rings is 1. The summed E-state index contributed by atoms with van der Waals surface area (Å²) in [5.41, 5.74) is 6.16. The van der Waals surface area contributed by atoms with Gasteiger partial charge < -0.3 is 0 Å². The summed E-state index contributed by atoms with van der Waals surface area (Å²) in [6.07, 6.45) is 0. The van der Waals surface area contributed by atoms with Crippen molar-refractivity contribution in [3.05, 3.63) is 95.3 Å². The van der Waals surface area contributed by atoms with Crippen LogP contribution >= 0.6 is 22.9 Å². The second-order valence-corrected chi connectivity index (χ2v) is 6.91. The van der Waals surface area contributed by atoms with Gasteiger partial charge in [-0.25, -0.2) is 0 Å². The molecule has 4 aromatic rings. The van der Waals surface area contributed by atoms with Crippen LogP contribution in [-0.4, -0.2) is 0 Å². The van der Waals surface area contributed by atoms with E-state index in [0.29, 0.717) is 0 Å². The van der Waals surface area contributed by atoms with Gasteiger partial charge in [0.25, 0.3) is 0 Å². The molecule has 1 aromatic heterocycles. The SMILES string of the molecule is Clc1cccc(-c2scc(-c3ccccc3)c2-c2ccccc2)c1. The summed E-state index contributed by atoms with van der Waals surface area (Å²) < 4.78 is 0. The van der Waals surface area contributed by atoms with Crippen molar-refractivity contribution in [2.75, 3.05) is 0 Å². The first-order chi connectivity index (χ1) is 11.8. The van der Waals surface area contributed by atoms with E-state index in [2.05, 4.69) is 72.1 Å². The van der Waals surface area contributed by atoms with Crippen LogP contribution in [0.4, 0.5) is 0 Å². The normalized spacial score (nSPS) is 10.7. The van der Waals surface area contributed by atoms with Crippen LogP contribution in [0.1, 0.15) is 0 Å². The fourth-order valence-corrected chi connectivity index (χ4v) is 4.21. The molecule has 0 amide bonds. The maximum Gasteiger partial charge on any atom is 0.0428 e. The summed E-state index contributed by atoms with van der Waals surface area (Å²) in [6.45, 7) is 0. The standard InChI is InChI=1S/C22H15ClS/c23-19-13-7-12-18(14-19)22-21(17-10-5-2-6-11-17)20(15-24-22)16-8-3-1-4-9-16/h1-15H. The van der Waals surface area contributed by atoms with Gasteiger partial charge in [-0.2, -0.15) is 0 Å². The molecule has 0 radical (unpaired) electrons. The number of hydrogen-bond donors (Lipinski definition) is 0. The molecular formula is C22H15ClS. The average Bonchev–Trinajstić information content (AvgIpc) is 3.08. The lowest BCUT2D eigenvalue weighted by molar-refractivity contribution is 1.62. The molecule has 0 aliphatic carbocycles. The van der Waals surface area contributed by atoms with Gasteiger partial charge in [-0.3, -0.25) is 0 Å². The first kappa shape index (κ1) is 15.2. The van der Waals surface area contributed by atoms with Crippen molar-refractivity contribution in [1.82, 2.24) is 0 Å². The van der Waals surface area contributed by atoms with E-state index in [1.807, 2.05) is 18.2 Å². The van der Waals surface area contributed by atoms with Crippen LogP contribution in [-0.2, 0) is 0 Å². The van der Waals surface area contributed by atoms with Crippen molar-refractivity contribution in [1.29, 1.82) is 0 Å². The van der Waals surface area contributed by atoms with Crippen molar-refractivity contribution in [2.24, 2.45) is 0 Å². The first-order valence-electron chi connectivity index (χ1n) is 7.81. The molecule has 0 bridgehead atoms. The second kappa shape index (κ2) is 6.64. The Balaban J connectivity index is 1.97. The Kier molecular flexibility index (Phi) is 4.20. The molecule has 2 heteroatoms. The van der Waals surface area contributed by atoms with E-state index in [-0.39, 0.29) is 0 Å². The molecule has 0 saturated carbocycles. The number of rotatable bonds is 3. The largest absolute Gasteiger partial charge is 0.142 e. The molecule has 116 valence electrons. The minimum Gasteiger partial charge on any atom is -0.142 e. The first-order valence-corrected chi connectivity index (χ1v) is 9.07. The zero-order valence-electron chi connectivity index (χ0n) is 12.9. The highest BCUT2D eigenvalue weighted by molar-refractivity contribution is 7.14. The van der Waals surface area contributed by atoms with Gasteiger partial charge in [0.2, 0.25) is 0 Å². The van der Waals surface area contributed by atoms with E-state index < -0.39 is 0 Å². The highest BCUT2D eigenvalue weighted by Crippen LogP contribution is 2.44. The molecule has 4 rings (SSSR count). The van der Waals surface area contributed by atoms with Gasteiger partial charge in [0, 0.05) is 21.0 Å². The lowest BCUT2D eigenvalue weighted by Crippen LogP contribution is -1.83. The van der Waals surface area contributed by atoms with Gasteiger partial charge in [-0.1, -0.05) is 84.4 Å². The second-order valence-electron chi connectivity index (χ2n) is 5.60. The lowest BCUT2D eigenvalue weighted by Gasteiger charge is -2.09. The van der Waals surface area contributed by atoms with Crippen molar-refractivity contribution in [3.8, 4) is 32.7 Å². The molecule has 0 aliphatic heterocycles. The Bertz CT molecular complexity index is 956. The van der Waals surface area contributed by atoms with Crippen LogP contribution in [0.3, 0.4) is 0 Å². The van der Waals surface area contributed by atoms with Crippen LogP contribution < -0.4 is 0 Å². The highest BCUT2D eigenvalue weighted by Gasteiger charge is 2.16. The Hall–Kier alpha value is -2.35. The Morgan fingerprint density at radius 1 is 0.625 bits per heavy atom. The van der Waals surface area contributed by atoms with Crippen molar-refractivity contribution in [2.45, 2.75) is 0 Å². The molecule has 1 heterocycles. The summed E-state index contributed by atoms with van der Waals surface area (Å²) in [5.74, 6) is 0. The van der Waals surface area contributed by atoms with Crippen molar-refractivity contribution < 1.29 is 0 Å². The Morgan fingerprint density at radius 3 is 1.92 bits per heavy atom. The molecule has 0 fully saturated rings. The van der Waals surface area contributed by atoms with Gasteiger partial charge in [-0.15, -0.1) is 11.3 Å².